The average molecular weight is 395 g/mol. The molecule has 3 heteroatoms. The van der Waals surface area contributed by atoms with Crippen LogP contribution in [-0.2, 0) is 0 Å². The predicted molar refractivity (Wildman–Crippen MR) is 124 cm³/mol. The van der Waals surface area contributed by atoms with Crippen LogP contribution in [0.15, 0.2) is 83.9 Å². The number of hydrogen-bond acceptors (Lipinski definition) is 3. The molecule has 1 aliphatic heterocycles. The van der Waals surface area contributed by atoms with Crippen molar-refractivity contribution in [2.75, 3.05) is 12.4 Å². The number of allylic oxidation sites excluding steroid dienone is 2. The van der Waals surface area contributed by atoms with Gasteiger partial charge in [0.25, 0.3) is 0 Å². The van der Waals surface area contributed by atoms with Crippen LogP contribution in [0.2, 0.25) is 0 Å². The van der Waals surface area contributed by atoms with Gasteiger partial charge in [0.15, 0.2) is 0 Å². The monoisotopic (exact) mass is 394 g/mol. The van der Waals surface area contributed by atoms with Gasteiger partial charge >= 0.3 is 0 Å². The summed E-state index contributed by atoms with van der Waals surface area (Å²) in [5.41, 5.74) is 7.25. The first kappa shape index (κ1) is 18.7. The predicted octanol–water partition coefficient (Wildman–Crippen LogP) is 6.58. The van der Waals surface area contributed by atoms with Crippen LogP contribution in [-0.4, -0.2) is 13.3 Å². The van der Waals surface area contributed by atoms with Crippen molar-refractivity contribution in [2.24, 2.45) is 10.9 Å². The van der Waals surface area contributed by atoms with Gasteiger partial charge in [0.2, 0.25) is 0 Å². The number of fused-ring (bicyclic) bond motifs is 3. The molecule has 0 bridgehead atoms. The number of rotatable bonds is 4. The Hall–Kier alpha value is -3.33. The summed E-state index contributed by atoms with van der Waals surface area (Å²) >= 11 is 0. The normalized spacial score (nSPS) is 21.9. The molecule has 1 aliphatic carbocycles. The third kappa shape index (κ3) is 3.41. The zero-order chi connectivity index (χ0) is 20.5. The standard InChI is InChI=1S/C27H26N2O/c1-18-10-15-25-24(16-18)22-7-5-8-23(22)27(29-25)19-11-13-21(14-12-19)28-17-20-6-3-4-9-26(20)30-2/h3-7,9-17,22-23,27,29H,8H2,1-2H3/t22-,23-,27+/m1/s1. The van der Waals surface area contributed by atoms with E-state index < -0.39 is 0 Å². The van der Waals surface area contributed by atoms with Crippen molar-refractivity contribution >= 4 is 17.6 Å². The van der Waals surface area contributed by atoms with E-state index in [4.69, 9.17) is 4.74 Å². The summed E-state index contributed by atoms with van der Waals surface area (Å²) in [5.74, 6) is 1.88. The van der Waals surface area contributed by atoms with E-state index >= 15 is 0 Å². The number of para-hydroxylation sites is 1. The number of ether oxygens (including phenoxy) is 1. The summed E-state index contributed by atoms with van der Waals surface area (Å²) in [6.45, 7) is 2.17. The topological polar surface area (TPSA) is 33.6 Å². The first-order valence-electron chi connectivity index (χ1n) is 10.5. The minimum absolute atomic E-state index is 0.312. The lowest BCUT2D eigenvalue weighted by atomic mass is 9.76. The lowest BCUT2D eigenvalue weighted by molar-refractivity contribution is 0.414. The van der Waals surface area contributed by atoms with Crippen LogP contribution >= 0.6 is 0 Å². The smallest absolute Gasteiger partial charge is 0.127 e. The number of nitrogens with zero attached hydrogens (tertiary/aromatic N) is 1. The van der Waals surface area contributed by atoms with Crippen molar-refractivity contribution in [1.82, 2.24) is 0 Å². The average Bonchev–Trinajstić information content (AvgIpc) is 3.28. The van der Waals surface area contributed by atoms with Crippen molar-refractivity contribution < 1.29 is 4.74 Å². The van der Waals surface area contributed by atoms with Crippen molar-refractivity contribution in [3.05, 3.63) is 101 Å². The molecular weight excluding hydrogens is 368 g/mol. The van der Waals surface area contributed by atoms with E-state index in [-0.39, 0.29) is 0 Å². The van der Waals surface area contributed by atoms with Gasteiger partial charge in [0.1, 0.15) is 5.75 Å². The molecule has 0 unspecified atom stereocenters. The molecule has 0 saturated carbocycles. The van der Waals surface area contributed by atoms with E-state index in [2.05, 4.69) is 71.8 Å². The van der Waals surface area contributed by atoms with Crippen LogP contribution in [0.1, 0.15) is 40.6 Å². The maximum Gasteiger partial charge on any atom is 0.127 e. The Bertz CT molecular complexity index is 1110. The van der Waals surface area contributed by atoms with Gasteiger partial charge in [-0.05, 0) is 60.7 Å². The zero-order valence-corrected chi connectivity index (χ0v) is 17.4. The fourth-order valence-electron chi connectivity index (χ4n) is 4.73. The second-order valence-corrected chi connectivity index (χ2v) is 8.16. The quantitative estimate of drug-likeness (QED) is 0.400. The number of hydrogen-bond donors (Lipinski definition) is 1. The Labute approximate surface area is 178 Å². The minimum Gasteiger partial charge on any atom is -0.496 e. The largest absolute Gasteiger partial charge is 0.496 e. The number of methoxy groups -OCH3 is 1. The van der Waals surface area contributed by atoms with Gasteiger partial charge in [-0.3, -0.25) is 4.99 Å². The molecule has 3 aromatic carbocycles. The van der Waals surface area contributed by atoms with Crippen LogP contribution in [0.4, 0.5) is 11.4 Å². The highest BCUT2D eigenvalue weighted by atomic mass is 16.5. The molecule has 0 saturated heterocycles. The molecule has 1 N–H and O–H groups in total. The summed E-state index contributed by atoms with van der Waals surface area (Å²) < 4.78 is 5.40. The third-order valence-electron chi connectivity index (χ3n) is 6.26. The van der Waals surface area contributed by atoms with E-state index in [1.807, 2.05) is 30.5 Å². The molecule has 3 atom stereocenters. The highest BCUT2D eigenvalue weighted by molar-refractivity contribution is 5.85. The van der Waals surface area contributed by atoms with Gasteiger partial charge in [-0.1, -0.05) is 54.1 Å². The van der Waals surface area contributed by atoms with Crippen LogP contribution in [0, 0.1) is 12.8 Å². The lowest BCUT2D eigenvalue weighted by Gasteiger charge is -2.37. The van der Waals surface area contributed by atoms with E-state index in [1.54, 1.807) is 7.11 Å². The Morgan fingerprint density at radius 3 is 2.70 bits per heavy atom. The van der Waals surface area contributed by atoms with Gasteiger partial charge in [0.05, 0.1) is 18.8 Å². The third-order valence-corrected chi connectivity index (χ3v) is 6.26. The zero-order valence-electron chi connectivity index (χ0n) is 17.4. The van der Waals surface area contributed by atoms with Crippen LogP contribution in [0.3, 0.4) is 0 Å². The van der Waals surface area contributed by atoms with Crippen LogP contribution in [0.5, 0.6) is 5.75 Å². The van der Waals surface area contributed by atoms with Crippen molar-refractivity contribution in [3.8, 4) is 5.75 Å². The molecule has 2 aliphatic rings. The molecule has 3 nitrogen and oxygen atoms in total. The summed E-state index contributed by atoms with van der Waals surface area (Å²) in [5, 5.41) is 3.81. The van der Waals surface area contributed by atoms with E-state index in [0.717, 1.165) is 23.4 Å². The molecule has 0 radical (unpaired) electrons. The maximum absolute atomic E-state index is 5.40. The van der Waals surface area contributed by atoms with Gasteiger partial charge in [-0.15, -0.1) is 0 Å². The van der Waals surface area contributed by atoms with Gasteiger partial charge in [0, 0.05) is 23.4 Å². The maximum atomic E-state index is 5.40. The Morgan fingerprint density at radius 1 is 1.03 bits per heavy atom. The lowest BCUT2D eigenvalue weighted by Crippen LogP contribution is -2.29. The molecule has 0 spiro atoms. The van der Waals surface area contributed by atoms with Gasteiger partial charge in [-0.2, -0.15) is 0 Å². The molecule has 30 heavy (non-hydrogen) atoms. The highest BCUT2D eigenvalue weighted by Crippen LogP contribution is 2.50. The SMILES string of the molecule is COc1ccccc1C=Nc1ccc([C@@H]2Nc3ccc(C)cc3[C@@H]3C=CC[C@H]32)cc1. The van der Waals surface area contributed by atoms with Crippen molar-refractivity contribution in [1.29, 1.82) is 0 Å². The van der Waals surface area contributed by atoms with Crippen LogP contribution in [0.25, 0.3) is 0 Å². The fraction of sp³-hybridized carbons (Fsp3) is 0.222. The van der Waals surface area contributed by atoms with Crippen molar-refractivity contribution in [3.63, 3.8) is 0 Å². The number of benzene rings is 3. The Kier molecular flexibility index (Phi) is 4.88. The molecule has 0 amide bonds. The first-order chi connectivity index (χ1) is 14.7. The molecule has 0 fully saturated rings. The number of aryl methyl sites for hydroxylation is 1. The fourth-order valence-corrected chi connectivity index (χ4v) is 4.73. The van der Waals surface area contributed by atoms with Crippen LogP contribution < -0.4 is 10.1 Å². The van der Waals surface area contributed by atoms with E-state index in [0.29, 0.717) is 17.9 Å². The summed E-state index contributed by atoms with van der Waals surface area (Å²) in [6.07, 6.45) is 7.71. The van der Waals surface area contributed by atoms with E-state index in [9.17, 15) is 0 Å². The molecule has 150 valence electrons. The highest BCUT2D eigenvalue weighted by Gasteiger charge is 2.37. The molecular formula is C27H26N2O. The number of anilines is 1. The molecule has 3 aromatic rings. The number of nitrogens with one attached hydrogen (secondary N) is 1. The summed E-state index contributed by atoms with van der Waals surface area (Å²) in [6, 6.07) is 23.6. The van der Waals surface area contributed by atoms with Gasteiger partial charge < -0.3 is 10.1 Å². The second kappa shape index (κ2) is 7.83. The first-order valence-corrected chi connectivity index (χ1v) is 10.5. The summed E-state index contributed by atoms with van der Waals surface area (Å²) in [7, 11) is 1.68. The van der Waals surface area contributed by atoms with E-state index in [1.165, 1.54) is 22.4 Å². The van der Waals surface area contributed by atoms with Crippen molar-refractivity contribution in [2.45, 2.75) is 25.3 Å². The van der Waals surface area contributed by atoms with Gasteiger partial charge in [-0.25, -0.2) is 0 Å². The Balaban J connectivity index is 1.39. The molecule has 1 heterocycles. The summed E-state index contributed by atoms with van der Waals surface area (Å²) in [4.78, 5) is 4.65. The molecule has 0 aromatic heterocycles. The number of aliphatic imine (C=N–C) groups is 1. The minimum atomic E-state index is 0.312. The second-order valence-electron chi connectivity index (χ2n) is 8.16. The molecule has 5 rings (SSSR count). The Morgan fingerprint density at radius 2 is 1.87 bits per heavy atom.